The highest BCUT2D eigenvalue weighted by Gasteiger charge is 2.29. The van der Waals surface area contributed by atoms with Crippen molar-refractivity contribution in [1.82, 2.24) is 10.2 Å². The quantitative estimate of drug-likeness (QED) is 0.774. The molecule has 0 aliphatic carbocycles. The summed E-state index contributed by atoms with van der Waals surface area (Å²) in [5, 5.41) is 3.16. The van der Waals surface area contributed by atoms with E-state index < -0.39 is 0 Å². The van der Waals surface area contributed by atoms with Gasteiger partial charge in [-0.25, -0.2) is 0 Å². The van der Waals surface area contributed by atoms with Crippen molar-refractivity contribution in [3.05, 3.63) is 30.3 Å². The summed E-state index contributed by atoms with van der Waals surface area (Å²) < 4.78 is 5.61. The Bertz CT molecular complexity index is 574. The van der Waals surface area contributed by atoms with Crippen LogP contribution < -0.4 is 10.1 Å². The van der Waals surface area contributed by atoms with Crippen LogP contribution >= 0.6 is 0 Å². The Morgan fingerprint density at radius 1 is 1.27 bits per heavy atom. The number of carbonyl (C=O) groups excluding carboxylic acids is 2. The smallest absolute Gasteiger partial charge is 0.226 e. The minimum absolute atomic E-state index is 0.0642. The summed E-state index contributed by atoms with van der Waals surface area (Å²) in [7, 11) is 0. The summed E-state index contributed by atoms with van der Waals surface area (Å²) >= 11 is 0. The van der Waals surface area contributed by atoms with Gasteiger partial charge in [-0.15, -0.1) is 0 Å². The maximum absolute atomic E-state index is 12.6. The van der Waals surface area contributed by atoms with Gasteiger partial charge < -0.3 is 15.0 Å². The summed E-state index contributed by atoms with van der Waals surface area (Å²) in [5.41, 5.74) is 0. The molecule has 0 spiro atoms. The van der Waals surface area contributed by atoms with Crippen LogP contribution in [0.4, 0.5) is 0 Å². The molecular formula is C21H32N2O3. The van der Waals surface area contributed by atoms with E-state index in [0.717, 1.165) is 31.6 Å². The van der Waals surface area contributed by atoms with Gasteiger partial charge in [0.05, 0.1) is 18.9 Å². The summed E-state index contributed by atoms with van der Waals surface area (Å²) in [6, 6.07) is 9.71. The van der Waals surface area contributed by atoms with Crippen LogP contribution in [-0.4, -0.2) is 42.5 Å². The average Bonchev–Trinajstić information content (AvgIpc) is 2.66. The van der Waals surface area contributed by atoms with E-state index in [-0.39, 0.29) is 23.8 Å². The molecule has 1 fully saturated rings. The van der Waals surface area contributed by atoms with E-state index in [1.54, 1.807) is 0 Å². The number of carbonyl (C=O) groups is 2. The zero-order valence-electron chi connectivity index (χ0n) is 16.2. The number of benzene rings is 1. The molecule has 1 heterocycles. The normalized spacial score (nSPS) is 18.5. The number of ether oxygens (including phenoxy) is 1. The SMILES string of the molecule is CCC(NC(=O)C1CCCN(C(=O)CCOc2ccccc2)C1)C(C)C. The average molecular weight is 360 g/mol. The van der Waals surface area contributed by atoms with Crippen molar-refractivity contribution >= 4 is 11.8 Å². The van der Waals surface area contributed by atoms with Gasteiger partial charge in [-0.2, -0.15) is 0 Å². The fourth-order valence-corrected chi connectivity index (χ4v) is 3.39. The van der Waals surface area contributed by atoms with Gasteiger partial charge >= 0.3 is 0 Å². The second-order valence-electron chi connectivity index (χ2n) is 7.36. The van der Waals surface area contributed by atoms with Gasteiger partial charge in [0, 0.05) is 19.1 Å². The fourth-order valence-electron chi connectivity index (χ4n) is 3.39. The number of hydrogen-bond acceptors (Lipinski definition) is 3. The summed E-state index contributed by atoms with van der Waals surface area (Å²) in [5.74, 6) is 1.24. The Hall–Kier alpha value is -2.04. The lowest BCUT2D eigenvalue weighted by molar-refractivity contribution is -0.136. The summed E-state index contributed by atoms with van der Waals surface area (Å²) in [4.78, 5) is 26.8. The number of hydrogen-bond donors (Lipinski definition) is 1. The molecule has 1 aromatic rings. The van der Waals surface area contributed by atoms with Crippen molar-refractivity contribution < 1.29 is 14.3 Å². The molecule has 0 radical (unpaired) electrons. The molecule has 1 aliphatic heterocycles. The highest BCUT2D eigenvalue weighted by Crippen LogP contribution is 2.19. The monoisotopic (exact) mass is 360 g/mol. The van der Waals surface area contributed by atoms with E-state index in [4.69, 9.17) is 4.74 Å². The molecule has 0 saturated carbocycles. The summed E-state index contributed by atoms with van der Waals surface area (Å²) in [6.07, 6.45) is 2.99. The lowest BCUT2D eigenvalue weighted by Crippen LogP contribution is -2.48. The molecule has 1 aromatic carbocycles. The molecule has 2 atom stereocenters. The third-order valence-corrected chi connectivity index (χ3v) is 5.04. The molecule has 5 heteroatoms. The van der Waals surface area contributed by atoms with Gasteiger partial charge in [-0.1, -0.05) is 39.0 Å². The third kappa shape index (κ3) is 6.04. The van der Waals surface area contributed by atoms with Crippen molar-refractivity contribution in [2.75, 3.05) is 19.7 Å². The predicted octanol–water partition coefficient (Wildman–Crippen LogP) is 3.24. The topological polar surface area (TPSA) is 58.6 Å². The van der Waals surface area contributed by atoms with Gasteiger partial charge in [0.25, 0.3) is 0 Å². The van der Waals surface area contributed by atoms with Gasteiger partial charge in [-0.05, 0) is 37.3 Å². The molecule has 0 bridgehead atoms. The molecule has 2 rings (SSSR count). The maximum atomic E-state index is 12.6. The first-order valence-corrected chi connectivity index (χ1v) is 9.77. The Balaban J connectivity index is 1.79. The molecule has 2 amide bonds. The second kappa shape index (κ2) is 10.2. The first-order valence-electron chi connectivity index (χ1n) is 9.77. The zero-order valence-corrected chi connectivity index (χ0v) is 16.2. The third-order valence-electron chi connectivity index (χ3n) is 5.04. The molecule has 1 aliphatic rings. The van der Waals surface area contributed by atoms with Gasteiger partial charge in [0.2, 0.25) is 11.8 Å². The Labute approximate surface area is 157 Å². The minimum atomic E-state index is -0.101. The van der Waals surface area contributed by atoms with Crippen LogP contribution in [0.3, 0.4) is 0 Å². The molecule has 0 aromatic heterocycles. The standard InChI is InChI=1S/C21H32N2O3/c1-4-19(16(2)3)22-21(25)17-9-8-13-23(15-17)20(24)12-14-26-18-10-6-5-7-11-18/h5-7,10-11,16-17,19H,4,8-9,12-15H2,1-3H3,(H,22,25). The lowest BCUT2D eigenvalue weighted by atomic mass is 9.95. The predicted molar refractivity (Wildman–Crippen MR) is 103 cm³/mol. The molecule has 2 unspecified atom stereocenters. The first-order chi connectivity index (χ1) is 12.5. The van der Waals surface area contributed by atoms with Crippen molar-refractivity contribution in [1.29, 1.82) is 0 Å². The van der Waals surface area contributed by atoms with E-state index >= 15 is 0 Å². The second-order valence-corrected chi connectivity index (χ2v) is 7.36. The number of rotatable bonds is 8. The maximum Gasteiger partial charge on any atom is 0.226 e. The van der Waals surface area contributed by atoms with Crippen LogP contribution in [0.15, 0.2) is 30.3 Å². The van der Waals surface area contributed by atoms with Crippen LogP contribution in [0, 0.1) is 11.8 Å². The molecular weight excluding hydrogens is 328 g/mol. The van der Waals surface area contributed by atoms with E-state index in [1.165, 1.54) is 0 Å². The number of piperidine rings is 1. The first kappa shape index (κ1) is 20.3. The molecule has 5 nitrogen and oxygen atoms in total. The van der Waals surface area contributed by atoms with Crippen LogP contribution in [-0.2, 0) is 9.59 Å². The number of likely N-dealkylation sites (tertiary alicyclic amines) is 1. The molecule has 26 heavy (non-hydrogen) atoms. The Morgan fingerprint density at radius 3 is 2.65 bits per heavy atom. The molecule has 1 N–H and O–H groups in total. The molecule has 144 valence electrons. The largest absolute Gasteiger partial charge is 0.493 e. The van der Waals surface area contributed by atoms with E-state index in [2.05, 4.69) is 26.1 Å². The minimum Gasteiger partial charge on any atom is -0.493 e. The lowest BCUT2D eigenvalue weighted by Gasteiger charge is -2.33. The van der Waals surface area contributed by atoms with Crippen LogP contribution in [0.25, 0.3) is 0 Å². The van der Waals surface area contributed by atoms with Crippen molar-refractivity contribution in [2.45, 2.75) is 52.5 Å². The van der Waals surface area contributed by atoms with Crippen LogP contribution in [0.5, 0.6) is 5.75 Å². The highest BCUT2D eigenvalue weighted by atomic mass is 16.5. The van der Waals surface area contributed by atoms with Crippen molar-refractivity contribution in [3.8, 4) is 5.75 Å². The Kier molecular flexibility index (Phi) is 7.95. The highest BCUT2D eigenvalue weighted by molar-refractivity contribution is 5.81. The Morgan fingerprint density at radius 2 is 2.00 bits per heavy atom. The number of nitrogens with one attached hydrogen (secondary N) is 1. The van der Waals surface area contributed by atoms with Crippen LogP contribution in [0.1, 0.15) is 46.5 Å². The van der Waals surface area contributed by atoms with E-state index in [9.17, 15) is 9.59 Å². The van der Waals surface area contributed by atoms with E-state index in [1.807, 2.05) is 35.2 Å². The van der Waals surface area contributed by atoms with Crippen molar-refractivity contribution in [3.63, 3.8) is 0 Å². The molecule has 1 saturated heterocycles. The van der Waals surface area contributed by atoms with Gasteiger partial charge in [0.15, 0.2) is 0 Å². The van der Waals surface area contributed by atoms with Gasteiger partial charge in [0.1, 0.15) is 5.75 Å². The summed E-state index contributed by atoms with van der Waals surface area (Å²) in [6.45, 7) is 7.95. The van der Waals surface area contributed by atoms with Gasteiger partial charge in [-0.3, -0.25) is 9.59 Å². The zero-order chi connectivity index (χ0) is 18.9. The van der Waals surface area contributed by atoms with E-state index in [0.29, 0.717) is 25.5 Å². The fraction of sp³-hybridized carbons (Fsp3) is 0.619. The number of nitrogens with zero attached hydrogens (tertiary/aromatic N) is 1. The number of para-hydroxylation sites is 1. The number of amides is 2. The van der Waals surface area contributed by atoms with Crippen LogP contribution in [0.2, 0.25) is 0 Å². The van der Waals surface area contributed by atoms with Crippen molar-refractivity contribution in [2.24, 2.45) is 11.8 Å².